The first-order chi connectivity index (χ1) is 14.2. The maximum Gasteiger partial charge on any atom is 0.416 e. The van der Waals surface area contributed by atoms with E-state index in [2.05, 4.69) is 25.6 Å². The van der Waals surface area contributed by atoms with Gasteiger partial charge in [0.25, 0.3) is 5.91 Å². The second-order valence-corrected chi connectivity index (χ2v) is 6.20. The number of pyridine rings is 2. The van der Waals surface area contributed by atoms with Crippen LogP contribution in [0.3, 0.4) is 0 Å². The number of benzene rings is 1. The summed E-state index contributed by atoms with van der Waals surface area (Å²) in [4.78, 5) is 34.7. The molecule has 7 nitrogen and oxygen atoms in total. The fourth-order valence-corrected chi connectivity index (χ4v) is 2.49. The predicted molar refractivity (Wildman–Crippen MR) is 106 cm³/mol. The second-order valence-electron chi connectivity index (χ2n) is 6.20. The van der Waals surface area contributed by atoms with Gasteiger partial charge in [-0.15, -0.1) is 0 Å². The summed E-state index contributed by atoms with van der Waals surface area (Å²) in [6.45, 7) is 1.71. The van der Waals surface area contributed by atoms with Gasteiger partial charge in [0.15, 0.2) is 0 Å². The summed E-state index contributed by atoms with van der Waals surface area (Å²) in [5.41, 5.74) is -0.350. The molecular formula is C20H16F3N5O2. The zero-order chi connectivity index (χ0) is 21.7. The normalized spacial score (nSPS) is 11.8. The van der Waals surface area contributed by atoms with Gasteiger partial charge in [0.05, 0.1) is 5.56 Å². The molecule has 0 spiro atoms. The SMILES string of the molecule is Cc1cc(C(=O)N/C(=N/c2cccc(=O)[nH]2)Nc2cccc(C(F)(F)F)c2)ccn1. The molecule has 3 aromatic rings. The van der Waals surface area contributed by atoms with Crippen LogP contribution in [0.25, 0.3) is 0 Å². The highest BCUT2D eigenvalue weighted by atomic mass is 19.4. The number of hydrogen-bond acceptors (Lipinski definition) is 4. The first-order valence-corrected chi connectivity index (χ1v) is 8.67. The molecule has 0 unspecified atom stereocenters. The first kappa shape index (κ1) is 20.8. The number of guanidine groups is 1. The number of aliphatic imine (C=N–C) groups is 1. The van der Waals surface area contributed by atoms with Crippen molar-refractivity contribution in [3.63, 3.8) is 0 Å². The molecule has 0 aliphatic rings. The largest absolute Gasteiger partial charge is 0.416 e. The van der Waals surface area contributed by atoms with Gasteiger partial charge in [-0.05, 0) is 43.3 Å². The second kappa shape index (κ2) is 8.60. The number of aromatic amines is 1. The molecule has 0 fully saturated rings. The summed E-state index contributed by atoms with van der Waals surface area (Å²) in [5, 5.41) is 5.16. The quantitative estimate of drug-likeness (QED) is 0.449. The van der Waals surface area contributed by atoms with Gasteiger partial charge < -0.3 is 10.3 Å². The number of H-pyrrole nitrogens is 1. The number of nitrogens with one attached hydrogen (secondary N) is 3. The molecule has 0 radical (unpaired) electrons. The van der Waals surface area contributed by atoms with E-state index in [4.69, 9.17) is 0 Å². The lowest BCUT2D eigenvalue weighted by atomic mass is 10.2. The number of rotatable bonds is 3. The Bertz CT molecular complexity index is 1160. The minimum atomic E-state index is -4.53. The van der Waals surface area contributed by atoms with Crippen LogP contribution in [0.1, 0.15) is 21.6 Å². The van der Waals surface area contributed by atoms with Gasteiger partial charge in [-0.2, -0.15) is 18.2 Å². The minimum Gasteiger partial charge on any atom is -0.326 e. The van der Waals surface area contributed by atoms with E-state index in [0.717, 1.165) is 12.1 Å². The van der Waals surface area contributed by atoms with E-state index >= 15 is 0 Å². The Morgan fingerprint density at radius 3 is 2.57 bits per heavy atom. The molecule has 0 aliphatic carbocycles. The van der Waals surface area contributed by atoms with E-state index in [1.54, 1.807) is 13.0 Å². The molecule has 0 aliphatic heterocycles. The van der Waals surface area contributed by atoms with Crippen LogP contribution < -0.4 is 16.2 Å². The molecule has 0 bridgehead atoms. The number of halogens is 3. The molecule has 154 valence electrons. The Hall–Kier alpha value is -3.95. The summed E-state index contributed by atoms with van der Waals surface area (Å²) in [7, 11) is 0. The van der Waals surface area contributed by atoms with Crippen LogP contribution in [0.5, 0.6) is 0 Å². The number of nitrogens with zero attached hydrogens (tertiary/aromatic N) is 2. The van der Waals surface area contributed by atoms with E-state index in [1.165, 1.54) is 42.6 Å². The van der Waals surface area contributed by atoms with Crippen LogP contribution in [0, 0.1) is 6.92 Å². The molecule has 2 aromatic heterocycles. The Balaban J connectivity index is 1.94. The Labute approximate surface area is 168 Å². The van der Waals surface area contributed by atoms with E-state index in [1.807, 2.05) is 0 Å². The van der Waals surface area contributed by atoms with Gasteiger partial charge in [-0.1, -0.05) is 12.1 Å². The van der Waals surface area contributed by atoms with Crippen molar-refractivity contribution in [1.29, 1.82) is 0 Å². The van der Waals surface area contributed by atoms with E-state index < -0.39 is 23.2 Å². The highest BCUT2D eigenvalue weighted by Crippen LogP contribution is 2.30. The van der Waals surface area contributed by atoms with Gasteiger partial charge in [-0.25, -0.2) is 0 Å². The van der Waals surface area contributed by atoms with Crippen LogP contribution in [-0.2, 0) is 6.18 Å². The highest BCUT2D eigenvalue weighted by Gasteiger charge is 2.30. The lowest BCUT2D eigenvalue weighted by molar-refractivity contribution is -0.137. The number of alkyl halides is 3. The van der Waals surface area contributed by atoms with Crippen LogP contribution >= 0.6 is 0 Å². The fourth-order valence-electron chi connectivity index (χ4n) is 2.49. The van der Waals surface area contributed by atoms with Crippen molar-refractivity contribution in [2.75, 3.05) is 5.32 Å². The molecule has 0 atom stereocenters. The van der Waals surface area contributed by atoms with Crippen molar-refractivity contribution in [3.8, 4) is 0 Å². The smallest absolute Gasteiger partial charge is 0.326 e. The molecule has 1 amide bonds. The highest BCUT2D eigenvalue weighted by molar-refractivity contribution is 6.10. The maximum atomic E-state index is 13.0. The van der Waals surface area contributed by atoms with Gasteiger partial charge in [0, 0.05) is 29.2 Å². The third-order valence-corrected chi connectivity index (χ3v) is 3.83. The lowest BCUT2D eigenvalue weighted by Gasteiger charge is -2.13. The first-order valence-electron chi connectivity index (χ1n) is 8.67. The standard InChI is InChI=1S/C20H16F3N5O2/c1-12-10-13(8-9-24-12)18(30)28-19(27-16-6-3-7-17(29)26-16)25-15-5-2-4-14(11-15)20(21,22)23/h2-11H,1H3,(H3,25,26,27,28,29,30). The topological polar surface area (TPSA) is 99.2 Å². The molecule has 30 heavy (non-hydrogen) atoms. The molecule has 2 heterocycles. The number of aromatic nitrogens is 2. The van der Waals surface area contributed by atoms with Crippen molar-refractivity contribution in [1.82, 2.24) is 15.3 Å². The number of carbonyl (C=O) groups excluding carboxylic acids is 1. The molecule has 0 saturated carbocycles. The zero-order valence-electron chi connectivity index (χ0n) is 15.6. The van der Waals surface area contributed by atoms with Crippen molar-refractivity contribution >= 4 is 23.4 Å². The summed E-state index contributed by atoms with van der Waals surface area (Å²) in [6, 6.07) is 11.6. The van der Waals surface area contributed by atoms with Crippen molar-refractivity contribution in [2.24, 2.45) is 4.99 Å². The molecule has 0 saturated heterocycles. The van der Waals surface area contributed by atoms with Crippen molar-refractivity contribution < 1.29 is 18.0 Å². The fraction of sp³-hybridized carbons (Fsp3) is 0.100. The number of amides is 1. The van der Waals surface area contributed by atoms with Crippen LogP contribution in [0.15, 0.2) is 70.6 Å². The number of carbonyl (C=O) groups is 1. The Morgan fingerprint density at radius 1 is 1.10 bits per heavy atom. The predicted octanol–water partition coefficient (Wildman–Crippen LogP) is 3.63. The molecule has 3 rings (SSSR count). The van der Waals surface area contributed by atoms with Gasteiger partial charge in [0.2, 0.25) is 11.5 Å². The minimum absolute atomic E-state index is 0.0491. The zero-order valence-corrected chi connectivity index (χ0v) is 15.6. The van der Waals surface area contributed by atoms with Gasteiger partial charge in [-0.3, -0.25) is 19.9 Å². The van der Waals surface area contributed by atoms with Crippen LogP contribution in [0.2, 0.25) is 0 Å². The van der Waals surface area contributed by atoms with Crippen LogP contribution in [-0.4, -0.2) is 21.8 Å². The van der Waals surface area contributed by atoms with E-state index in [0.29, 0.717) is 5.69 Å². The van der Waals surface area contributed by atoms with Gasteiger partial charge >= 0.3 is 6.18 Å². The van der Waals surface area contributed by atoms with Crippen molar-refractivity contribution in [3.05, 3.63) is 88.0 Å². The Morgan fingerprint density at radius 2 is 1.87 bits per heavy atom. The maximum absolute atomic E-state index is 13.0. The lowest BCUT2D eigenvalue weighted by Crippen LogP contribution is -2.36. The summed E-state index contributed by atoms with van der Waals surface area (Å²) < 4.78 is 39.0. The third-order valence-electron chi connectivity index (χ3n) is 3.83. The number of hydrogen-bond donors (Lipinski definition) is 3. The number of anilines is 1. The molecule has 10 heteroatoms. The van der Waals surface area contributed by atoms with Crippen molar-refractivity contribution in [2.45, 2.75) is 13.1 Å². The average molecular weight is 415 g/mol. The summed E-state index contributed by atoms with van der Waals surface area (Å²) in [6.07, 6.45) is -3.08. The molecule has 3 N–H and O–H groups in total. The van der Waals surface area contributed by atoms with Gasteiger partial charge in [0.1, 0.15) is 5.82 Å². The van der Waals surface area contributed by atoms with Crippen LogP contribution in [0.4, 0.5) is 24.7 Å². The number of aryl methyl sites for hydroxylation is 1. The summed E-state index contributed by atoms with van der Waals surface area (Å²) in [5.74, 6) is -0.629. The Kier molecular flexibility index (Phi) is 5.95. The van der Waals surface area contributed by atoms with E-state index in [9.17, 15) is 22.8 Å². The monoisotopic (exact) mass is 415 g/mol. The molecule has 1 aromatic carbocycles. The van der Waals surface area contributed by atoms with E-state index in [-0.39, 0.29) is 23.0 Å². The summed E-state index contributed by atoms with van der Waals surface area (Å²) >= 11 is 0. The third kappa shape index (κ3) is 5.53. The average Bonchev–Trinajstić information content (AvgIpc) is 2.67. The molecular weight excluding hydrogens is 399 g/mol.